The molecular weight excluding hydrogens is 242 g/mol. The highest BCUT2D eigenvalue weighted by atomic mass is 19.2. The minimum absolute atomic E-state index is 0.0440. The van der Waals surface area contributed by atoms with E-state index < -0.39 is 17.7 Å². The number of amides is 1. The number of aromatic nitrogens is 1. The van der Waals surface area contributed by atoms with Crippen molar-refractivity contribution in [3.05, 3.63) is 29.6 Å². The van der Waals surface area contributed by atoms with Crippen molar-refractivity contribution in [2.75, 3.05) is 13.2 Å². The molecular formula is C12H14F2N2O2. The Morgan fingerprint density at radius 3 is 3.06 bits per heavy atom. The largest absolute Gasteiger partial charge is 0.376 e. The molecule has 1 N–H and O–H groups in total. The van der Waals surface area contributed by atoms with E-state index in [4.69, 9.17) is 4.74 Å². The van der Waals surface area contributed by atoms with Crippen LogP contribution in [-0.4, -0.2) is 30.1 Å². The Labute approximate surface area is 103 Å². The van der Waals surface area contributed by atoms with Gasteiger partial charge in [-0.25, -0.2) is 9.37 Å². The smallest absolute Gasteiger partial charge is 0.254 e. The molecule has 4 nitrogen and oxygen atoms in total. The summed E-state index contributed by atoms with van der Waals surface area (Å²) in [6, 6.07) is 1.15. The first-order chi connectivity index (χ1) is 8.68. The van der Waals surface area contributed by atoms with Gasteiger partial charge in [0.1, 0.15) is 0 Å². The summed E-state index contributed by atoms with van der Waals surface area (Å²) in [6.07, 6.45) is 3.96. The van der Waals surface area contributed by atoms with Crippen molar-refractivity contribution in [1.29, 1.82) is 0 Å². The molecule has 6 heteroatoms. The van der Waals surface area contributed by atoms with E-state index in [-0.39, 0.29) is 11.7 Å². The molecule has 1 aromatic heterocycles. The maximum Gasteiger partial charge on any atom is 0.254 e. The van der Waals surface area contributed by atoms with Gasteiger partial charge in [-0.15, -0.1) is 0 Å². The van der Waals surface area contributed by atoms with Crippen LogP contribution < -0.4 is 5.32 Å². The van der Waals surface area contributed by atoms with Gasteiger partial charge in [0.15, 0.2) is 5.82 Å². The summed E-state index contributed by atoms with van der Waals surface area (Å²) in [5.74, 6) is -3.14. The number of pyridine rings is 1. The second-order valence-electron chi connectivity index (χ2n) is 4.16. The van der Waals surface area contributed by atoms with Gasteiger partial charge in [-0.1, -0.05) is 0 Å². The number of carbonyl (C=O) groups excluding carboxylic acids is 1. The van der Waals surface area contributed by atoms with Gasteiger partial charge < -0.3 is 10.1 Å². The summed E-state index contributed by atoms with van der Waals surface area (Å²) < 4.78 is 31.6. The summed E-state index contributed by atoms with van der Waals surface area (Å²) in [5, 5.41) is 2.54. The molecule has 0 radical (unpaired) electrons. The van der Waals surface area contributed by atoms with Crippen LogP contribution in [0.1, 0.15) is 29.6 Å². The predicted molar refractivity (Wildman–Crippen MR) is 60.1 cm³/mol. The average molecular weight is 256 g/mol. The van der Waals surface area contributed by atoms with E-state index in [2.05, 4.69) is 10.3 Å². The Morgan fingerprint density at radius 1 is 1.50 bits per heavy atom. The molecule has 1 aliphatic heterocycles. The van der Waals surface area contributed by atoms with Crippen molar-refractivity contribution in [3.63, 3.8) is 0 Å². The van der Waals surface area contributed by atoms with Crippen LogP contribution in [0.5, 0.6) is 0 Å². The average Bonchev–Trinajstić information content (AvgIpc) is 2.40. The van der Waals surface area contributed by atoms with Crippen LogP contribution in [0.15, 0.2) is 12.3 Å². The van der Waals surface area contributed by atoms with Crippen molar-refractivity contribution in [3.8, 4) is 0 Å². The summed E-state index contributed by atoms with van der Waals surface area (Å²) in [4.78, 5) is 14.8. The highest BCUT2D eigenvalue weighted by Gasteiger charge is 2.18. The van der Waals surface area contributed by atoms with Crippen molar-refractivity contribution in [2.45, 2.75) is 25.4 Å². The molecule has 2 rings (SSSR count). The fraction of sp³-hybridized carbons (Fsp3) is 0.500. The predicted octanol–water partition coefficient (Wildman–Crippen LogP) is 1.66. The van der Waals surface area contributed by atoms with Gasteiger partial charge in [-0.05, 0) is 25.3 Å². The first kappa shape index (κ1) is 12.9. The Morgan fingerprint density at radius 2 is 2.33 bits per heavy atom. The van der Waals surface area contributed by atoms with E-state index >= 15 is 0 Å². The van der Waals surface area contributed by atoms with Crippen LogP contribution in [0, 0.1) is 11.8 Å². The van der Waals surface area contributed by atoms with E-state index in [9.17, 15) is 13.6 Å². The number of halogens is 2. The van der Waals surface area contributed by atoms with Crippen molar-refractivity contribution in [1.82, 2.24) is 10.3 Å². The fourth-order valence-electron chi connectivity index (χ4n) is 1.86. The SMILES string of the molecule is O=C(NCC1CCCCO1)c1ccnc(F)c1F. The zero-order chi connectivity index (χ0) is 13.0. The molecule has 2 heterocycles. The van der Waals surface area contributed by atoms with E-state index in [1.54, 1.807) is 0 Å². The van der Waals surface area contributed by atoms with Crippen LogP contribution in [0.4, 0.5) is 8.78 Å². The van der Waals surface area contributed by atoms with Gasteiger partial charge in [-0.3, -0.25) is 4.79 Å². The minimum Gasteiger partial charge on any atom is -0.376 e. The van der Waals surface area contributed by atoms with Crippen LogP contribution in [0.25, 0.3) is 0 Å². The summed E-state index contributed by atoms with van der Waals surface area (Å²) in [6.45, 7) is 0.987. The van der Waals surface area contributed by atoms with Gasteiger partial charge in [-0.2, -0.15) is 4.39 Å². The quantitative estimate of drug-likeness (QED) is 0.837. The molecule has 98 valence electrons. The maximum absolute atomic E-state index is 13.3. The molecule has 1 amide bonds. The third kappa shape index (κ3) is 3.01. The van der Waals surface area contributed by atoms with Gasteiger partial charge in [0.25, 0.3) is 5.91 Å². The standard InChI is InChI=1S/C12H14F2N2O2/c13-10-9(4-5-15-11(10)14)12(17)16-7-8-3-1-2-6-18-8/h4-5,8H,1-3,6-7H2,(H,16,17). The molecule has 1 atom stereocenters. The normalized spacial score (nSPS) is 19.6. The number of hydrogen-bond acceptors (Lipinski definition) is 3. The molecule has 1 fully saturated rings. The number of nitrogens with one attached hydrogen (secondary N) is 1. The summed E-state index contributed by atoms with van der Waals surface area (Å²) >= 11 is 0. The summed E-state index contributed by atoms with van der Waals surface area (Å²) in [5.41, 5.74) is -0.335. The highest BCUT2D eigenvalue weighted by molar-refractivity contribution is 5.94. The molecule has 1 aliphatic rings. The van der Waals surface area contributed by atoms with Gasteiger partial charge in [0.2, 0.25) is 5.95 Å². The first-order valence-electron chi connectivity index (χ1n) is 5.88. The number of rotatable bonds is 3. The van der Waals surface area contributed by atoms with E-state index in [0.29, 0.717) is 13.2 Å². The molecule has 0 saturated carbocycles. The van der Waals surface area contributed by atoms with Gasteiger partial charge >= 0.3 is 0 Å². The maximum atomic E-state index is 13.3. The molecule has 0 bridgehead atoms. The number of hydrogen-bond donors (Lipinski definition) is 1. The second-order valence-corrected chi connectivity index (χ2v) is 4.16. The monoisotopic (exact) mass is 256 g/mol. The third-order valence-electron chi connectivity index (χ3n) is 2.86. The van der Waals surface area contributed by atoms with Gasteiger partial charge in [0.05, 0.1) is 11.7 Å². The lowest BCUT2D eigenvalue weighted by Gasteiger charge is -2.22. The highest BCUT2D eigenvalue weighted by Crippen LogP contribution is 2.12. The summed E-state index contributed by atoms with van der Waals surface area (Å²) in [7, 11) is 0. The molecule has 1 aromatic rings. The number of nitrogens with zero attached hydrogens (tertiary/aromatic N) is 1. The zero-order valence-corrected chi connectivity index (χ0v) is 9.79. The molecule has 0 aromatic carbocycles. The molecule has 0 aliphatic carbocycles. The second kappa shape index (κ2) is 5.86. The minimum atomic E-state index is -1.27. The lowest BCUT2D eigenvalue weighted by Crippen LogP contribution is -2.35. The first-order valence-corrected chi connectivity index (χ1v) is 5.88. The lowest BCUT2D eigenvalue weighted by atomic mass is 10.1. The third-order valence-corrected chi connectivity index (χ3v) is 2.86. The van der Waals surface area contributed by atoms with Crippen LogP contribution in [0.2, 0.25) is 0 Å². The molecule has 18 heavy (non-hydrogen) atoms. The van der Waals surface area contributed by atoms with E-state index in [1.807, 2.05) is 0 Å². The van der Waals surface area contributed by atoms with Crippen molar-refractivity contribution >= 4 is 5.91 Å². The van der Waals surface area contributed by atoms with Crippen molar-refractivity contribution < 1.29 is 18.3 Å². The Kier molecular flexibility index (Phi) is 4.19. The Hall–Kier alpha value is -1.56. The number of ether oxygens (including phenoxy) is 1. The van der Waals surface area contributed by atoms with E-state index in [1.165, 1.54) is 0 Å². The zero-order valence-electron chi connectivity index (χ0n) is 9.79. The lowest BCUT2D eigenvalue weighted by molar-refractivity contribution is 0.0168. The topological polar surface area (TPSA) is 51.2 Å². The van der Waals surface area contributed by atoms with E-state index in [0.717, 1.165) is 31.5 Å². The van der Waals surface area contributed by atoms with Crippen LogP contribution >= 0.6 is 0 Å². The van der Waals surface area contributed by atoms with Crippen LogP contribution in [-0.2, 0) is 4.74 Å². The Bertz CT molecular complexity index is 434. The molecule has 1 unspecified atom stereocenters. The fourth-order valence-corrected chi connectivity index (χ4v) is 1.86. The van der Waals surface area contributed by atoms with Crippen molar-refractivity contribution in [2.24, 2.45) is 0 Å². The Balaban J connectivity index is 1.93. The van der Waals surface area contributed by atoms with Crippen LogP contribution in [0.3, 0.4) is 0 Å². The van der Waals surface area contributed by atoms with Gasteiger partial charge in [0, 0.05) is 19.3 Å². The molecule has 0 spiro atoms. The molecule has 1 saturated heterocycles. The number of carbonyl (C=O) groups is 1.